The first kappa shape index (κ1) is 11.2. The third-order valence-electron chi connectivity index (χ3n) is 2.63. The van der Waals surface area contributed by atoms with Crippen molar-refractivity contribution < 1.29 is 4.74 Å². The van der Waals surface area contributed by atoms with Gasteiger partial charge < -0.3 is 10.5 Å². The Hall–Kier alpha value is -0.280. The summed E-state index contributed by atoms with van der Waals surface area (Å²) in [7, 11) is 0. The Labute approximate surface area is 99.3 Å². The molecule has 0 aromatic heterocycles. The highest BCUT2D eigenvalue weighted by Gasteiger charge is 2.26. The van der Waals surface area contributed by atoms with Crippen molar-refractivity contribution in [2.45, 2.75) is 25.0 Å². The van der Waals surface area contributed by atoms with Crippen molar-refractivity contribution in [3.8, 4) is 0 Å². The Bertz CT molecular complexity index is 356. The van der Waals surface area contributed by atoms with Crippen LogP contribution in [0.3, 0.4) is 0 Å². The van der Waals surface area contributed by atoms with E-state index in [9.17, 15) is 0 Å². The minimum Gasteiger partial charge on any atom is -0.372 e. The number of hydrogen-bond donors (Lipinski definition) is 1. The van der Waals surface area contributed by atoms with Crippen LogP contribution in [0.5, 0.6) is 0 Å². The zero-order valence-corrected chi connectivity index (χ0v) is 9.76. The second-order valence-electron chi connectivity index (χ2n) is 3.76. The zero-order valence-electron chi connectivity index (χ0n) is 8.25. The van der Waals surface area contributed by atoms with E-state index in [4.69, 9.17) is 33.7 Å². The molecular formula is C11H13Cl2NO. The molecule has 1 aromatic carbocycles. The third kappa shape index (κ3) is 2.45. The zero-order chi connectivity index (χ0) is 10.8. The van der Waals surface area contributed by atoms with Crippen LogP contribution in [0.15, 0.2) is 18.2 Å². The minimum atomic E-state index is -0.120. The summed E-state index contributed by atoms with van der Waals surface area (Å²) in [5.41, 5.74) is 6.90. The molecular weight excluding hydrogens is 233 g/mol. The van der Waals surface area contributed by atoms with Gasteiger partial charge in [-0.15, -0.1) is 0 Å². The normalized spacial score (nSPS) is 26.6. The van der Waals surface area contributed by atoms with Gasteiger partial charge in [0.15, 0.2) is 0 Å². The predicted octanol–water partition coefficient (Wildman–Crippen LogP) is 3.17. The van der Waals surface area contributed by atoms with Crippen LogP contribution >= 0.6 is 23.2 Å². The van der Waals surface area contributed by atoms with E-state index in [1.54, 1.807) is 12.1 Å². The average Bonchev–Trinajstić information content (AvgIpc) is 2.23. The van der Waals surface area contributed by atoms with Crippen molar-refractivity contribution in [1.29, 1.82) is 0 Å². The molecule has 2 atom stereocenters. The van der Waals surface area contributed by atoms with Gasteiger partial charge in [-0.1, -0.05) is 23.2 Å². The van der Waals surface area contributed by atoms with Gasteiger partial charge >= 0.3 is 0 Å². The smallest absolute Gasteiger partial charge is 0.0990 e. The molecule has 4 heteroatoms. The van der Waals surface area contributed by atoms with E-state index in [0.717, 1.165) is 25.0 Å². The van der Waals surface area contributed by atoms with Gasteiger partial charge in [-0.05, 0) is 31.0 Å². The van der Waals surface area contributed by atoms with Crippen LogP contribution in [0.25, 0.3) is 0 Å². The Morgan fingerprint density at radius 2 is 2.13 bits per heavy atom. The number of nitrogens with two attached hydrogens (primary N) is 1. The van der Waals surface area contributed by atoms with Crippen molar-refractivity contribution in [1.82, 2.24) is 0 Å². The van der Waals surface area contributed by atoms with Crippen LogP contribution < -0.4 is 5.73 Å². The lowest BCUT2D eigenvalue weighted by Gasteiger charge is -2.29. The molecule has 1 aliphatic rings. The molecule has 1 aromatic rings. The van der Waals surface area contributed by atoms with E-state index < -0.39 is 0 Å². The Morgan fingerprint density at radius 3 is 2.87 bits per heavy atom. The van der Waals surface area contributed by atoms with Crippen LogP contribution in [0.4, 0.5) is 0 Å². The largest absolute Gasteiger partial charge is 0.372 e. The van der Waals surface area contributed by atoms with Crippen LogP contribution in [0.1, 0.15) is 24.5 Å². The van der Waals surface area contributed by atoms with Crippen LogP contribution in [-0.4, -0.2) is 12.6 Å². The van der Waals surface area contributed by atoms with Crippen molar-refractivity contribution >= 4 is 23.2 Å². The standard InChI is InChI=1S/C11H13Cl2NO/c12-7-3-4-9(13)8(6-7)11-10(14)2-1-5-15-11/h3-4,6,10-11H,1-2,5,14H2. The lowest BCUT2D eigenvalue weighted by molar-refractivity contribution is 0.000212. The molecule has 0 saturated carbocycles. The molecule has 1 saturated heterocycles. The van der Waals surface area contributed by atoms with Crippen LogP contribution in [0.2, 0.25) is 10.0 Å². The lowest BCUT2D eigenvalue weighted by atomic mass is 9.97. The Balaban J connectivity index is 2.30. The van der Waals surface area contributed by atoms with E-state index in [0.29, 0.717) is 10.0 Å². The summed E-state index contributed by atoms with van der Waals surface area (Å²) >= 11 is 12.0. The maximum absolute atomic E-state index is 6.10. The summed E-state index contributed by atoms with van der Waals surface area (Å²) in [4.78, 5) is 0. The van der Waals surface area contributed by atoms with E-state index in [2.05, 4.69) is 0 Å². The van der Waals surface area contributed by atoms with E-state index in [-0.39, 0.29) is 12.1 Å². The third-order valence-corrected chi connectivity index (χ3v) is 3.21. The average molecular weight is 246 g/mol. The quantitative estimate of drug-likeness (QED) is 0.825. The predicted molar refractivity (Wildman–Crippen MR) is 62.4 cm³/mol. The number of halogens is 2. The number of rotatable bonds is 1. The maximum atomic E-state index is 6.10. The summed E-state index contributed by atoms with van der Waals surface area (Å²) < 4.78 is 5.64. The van der Waals surface area contributed by atoms with E-state index >= 15 is 0 Å². The molecule has 0 radical (unpaired) electrons. The number of hydrogen-bond acceptors (Lipinski definition) is 2. The molecule has 2 N–H and O–H groups in total. The molecule has 0 amide bonds. The fourth-order valence-electron chi connectivity index (χ4n) is 1.86. The highest BCUT2D eigenvalue weighted by molar-refractivity contribution is 6.33. The van der Waals surface area contributed by atoms with Crippen molar-refractivity contribution in [3.63, 3.8) is 0 Å². The molecule has 2 nitrogen and oxygen atoms in total. The number of benzene rings is 1. The van der Waals surface area contributed by atoms with Crippen molar-refractivity contribution in [2.75, 3.05) is 6.61 Å². The van der Waals surface area contributed by atoms with Gasteiger partial charge in [0, 0.05) is 28.3 Å². The molecule has 1 fully saturated rings. The van der Waals surface area contributed by atoms with Gasteiger partial charge in [0.1, 0.15) is 0 Å². The van der Waals surface area contributed by atoms with Crippen molar-refractivity contribution in [2.24, 2.45) is 5.73 Å². The topological polar surface area (TPSA) is 35.2 Å². The van der Waals surface area contributed by atoms with Gasteiger partial charge in [0.2, 0.25) is 0 Å². The fourth-order valence-corrected chi connectivity index (χ4v) is 2.26. The first-order chi connectivity index (χ1) is 7.18. The summed E-state index contributed by atoms with van der Waals surface area (Å²) in [5, 5.41) is 1.33. The maximum Gasteiger partial charge on any atom is 0.0990 e. The van der Waals surface area contributed by atoms with E-state index in [1.807, 2.05) is 6.07 Å². The molecule has 0 aliphatic carbocycles. The van der Waals surface area contributed by atoms with Gasteiger partial charge in [-0.25, -0.2) is 0 Å². The number of ether oxygens (including phenoxy) is 1. The molecule has 2 unspecified atom stereocenters. The fraction of sp³-hybridized carbons (Fsp3) is 0.455. The minimum absolute atomic E-state index is 0.00900. The monoisotopic (exact) mass is 245 g/mol. The van der Waals surface area contributed by atoms with Gasteiger partial charge in [0.25, 0.3) is 0 Å². The highest BCUT2D eigenvalue weighted by atomic mass is 35.5. The van der Waals surface area contributed by atoms with Crippen LogP contribution in [-0.2, 0) is 4.74 Å². The summed E-state index contributed by atoms with van der Waals surface area (Å²) in [6.07, 6.45) is 1.86. The molecule has 1 aliphatic heterocycles. The second kappa shape index (κ2) is 4.71. The second-order valence-corrected chi connectivity index (χ2v) is 4.61. The molecule has 1 heterocycles. The first-order valence-electron chi connectivity index (χ1n) is 5.00. The summed E-state index contributed by atoms with van der Waals surface area (Å²) in [6, 6.07) is 5.39. The first-order valence-corrected chi connectivity index (χ1v) is 5.76. The summed E-state index contributed by atoms with van der Waals surface area (Å²) in [5.74, 6) is 0. The SMILES string of the molecule is NC1CCCOC1c1cc(Cl)ccc1Cl. The molecule has 0 bridgehead atoms. The van der Waals surface area contributed by atoms with Crippen LogP contribution in [0, 0.1) is 0 Å². The molecule has 2 rings (SSSR count). The summed E-state index contributed by atoms with van der Waals surface area (Å²) in [6.45, 7) is 0.737. The molecule has 82 valence electrons. The lowest BCUT2D eigenvalue weighted by Crippen LogP contribution is -2.34. The van der Waals surface area contributed by atoms with Gasteiger partial charge in [-0.3, -0.25) is 0 Å². The molecule has 0 spiro atoms. The van der Waals surface area contributed by atoms with Crippen molar-refractivity contribution in [3.05, 3.63) is 33.8 Å². The van der Waals surface area contributed by atoms with Gasteiger partial charge in [-0.2, -0.15) is 0 Å². The van der Waals surface area contributed by atoms with E-state index in [1.165, 1.54) is 0 Å². The highest BCUT2D eigenvalue weighted by Crippen LogP contribution is 2.33. The molecule has 15 heavy (non-hydrogen) atoms. The Morgan fingerprint density at radius 1 is 1.33 bits per heavy atom. The Kier molecular flexibility index (Phi) is 3.52. The van der Waals surface area contributed by atoms with Gasteiger partial charge in [0.05, 0.1) is 6.10 Å².